The van der Waals surface area contributed by atoms with Crippen LogP contribution in [0.3, 0.4) is 0 Å². The second-order valence-corrected chi connectivity index (χ2v) is 10.0. The van der Waals surface area contributed by atoms with Gasteiger partial charge in [-0.1, -0.05) is 0 Å². The van der Waals surface area contributed by atoms with Gasteiger partial charge in [0.05, 0.1) is 0 Å². The van der Waals surface area contributed by atoms with Gasteiger partial charge in [-0.2, -0.15) is 15.6 Å². The van der Waals surface area contributed by atoms with Crippen molar-refractivity contribution < 1.29 is 138 Å². The molecule has 0 unspecified atom stereocenters. The summed E-state index contributed by atoms with van der Waals surface area (Å²) < 4.78 is 61.0. The monoisotopic (exact) mass is 776 g/mol. The van der Waals surface area contributed by atoms with Crippen LogP contribution in [0.25, 0.3) is 0 Å². The molecule has 0 bridgehead atoms. The fourth-order valence-corrected chi connectivity index (χ4v) is 0. The van der Waals surface area contributed by atoms with Gasteiger partial charge in [-0.3, -0.25) is 22.8 Å². The van der Waals surface area contributed by atoms with Crippen LogP contribution in [0.2, 0.25) is 0 Å². The summed E-state index contributed by atoms with van der Waals surface area (Å²) in [6.07, 6.45) is 0. The maximum absolute atomic E-state index is 8.77. The molecule has 0 atom stereocenters. The van der Waals surface area contributed by atoms with Crippen molar-refractivity contribution in [2.24, 2.45) is 0 Å². The smallest absolute Gasteiger partial charge is 0.822 e. The first-order valence-corrected chi connectivity index (χ1v) is 15.9. The normalized spacial score (nSPS) is 10.6. The van der Waals surface area contributed by atoms with Gasteiger partial charge in [0.1, 0.15) is 0 Å². The summed E-state index contributed by atoms with van der Waals surface area (Å²) in [5.74, 6) is 0. The average Bonchev–Trinajstić information content (AvgIpc) is 2.06. The number of rotatable bonds is 0. The van der Waals surface area contributed by atoms with Crippen LogP contribution >= 0.6 is 54.8 Å². The van der Waals surface area contributed by atoms with Gasteiger partial charge in [0.25, 0.3) is 39.1 Å². The van der Waals surface area contributed by atoms with E-state index in [4.69, 9.17) is 135 Å². The van der Waals surface area contributed by atoms with Crippen molar-refractivity contribution in [3.8, 4) is 0 Å². The summed E-state index contributed by atoms with van der Waals surface area (Å²) in [6, 6.07) is 0. The van der Waals surface area contributed by atoms with Crippen LogP contribution in [-0.4, -0.2) is 135 Å². The Morgan fingerprint density at radius 3 is 0.308 bits per heavy atom. The summed E-state index contributed by atoms with van der Waals surface area (Å²) in [5, 5.41) is 0. The molecule has 10 N–H and O–H groups in total. The van der Waals surface area contributed by atoms with E-state index in [1.54, 1.807) is 0 Å². The zero-order chi connectivity index (χ0) is 31.5. The molecule has 0 rings (SSSR count). The standard InChI is InChI=1S/Al.3Mg.7H3O4P/c;;;;7*1-5(2,3)4/h;;;;7*(H3,1,2,3,4)/q+3;3*+2;;;;;;;/p-9. The Hall–Kier alpha value is 3.60. The van der Waals surface area contributed by atoms with E-state index in [2.05, 4.69) is 0 Å². The van der Waals surface area contributed by atoms with Crippen molar-refractivity contribution >= 4 is 141 Å². The molecule has 0 fully saturated rings. The molecule has 0 aliphatic carbocycles. The second-order valence-electron chi connectivity index (χ2n) is 3.35. The van der Waals surface area contributed by atoms with E-state index < -0.39 is 54.8 Å². The van der Waals surface area contributed by atoms with Gasteiger partial charge in [0.2, 0.25) is 0 Å². The second kappa shape index (κ2) is 33.0. The van der Waals surface area contributed by atoms with Crippen molar-refractivity contribution in [1.82, 2.24) is 0 Å². The zero-order valence-electron chi connectivity index (χ0n) is 19.6. The van der Waals surface area contributed by atoms with E-state index in [1.165, 1.54) is 0 Å². The topological polar surface area (TPSA) is 575 Å². The Morgan fingerprint density at radius 2 is 0.308 bits per heavy atom. The fraction of sp³-hybridized carbons (Fsp3) is 0. The largest absolute Gasteiger partial charge is 3.00 e. The predicted octanol–water partition coefficient (Wildman–Crippen LogP) is -14.8. The molecule has 0 saturated carbocycles. The van der Waals surface area contributed by atoms with Crippen LogP contribution in [0.4, 0.5) is 0 Å². The summed E-state index contributed by atoms with van der Waals surface area (Å²) in [5.41, 5.74) is 0. The number of hydrogen-bond donors (Lipinski definition) is 10. The molecule has 0 aromatic heterocycles. The molecule has 0 heterocycles. The third-order valence-corrected chi connectivity index (χ3v) is 0. The first-order chi connectivity index (χ1) is 14.0. The van der Waals surface area contributed by atoms with Crippen LogP contribution in [0.1, 0.15) is 2.85 Å². The number of hydrogen-bond acceptors (Lipinski definition) is 18. The molecule has 0 radical (unpaired) electrons. The first-order valence-electron chi connectivity index (χ1n) is 5.29. The maximum atomic E-state index is 8.77. The Kier molecular flexibility index (Phi) is 62.4. The van der Waals surface area contributed by atoms with Crippen molar-refractivity contribution in [3.63, 3.8) is 0 Å². The Bertz CT molecular complexity index is 578. The van der Waals surface area contributed by atoms with Gasteiger partial charge in [-0.15, -0.1) is 0 Å². The molecule has 0 aromatic carbocycles. The van der Waals surface area contributed by atoms with Crippen LogP contribution in [0, 0.1) is 0 Å². The van der Waals surface area contributed by atoms with E-state index >= 15 is 0 Å². The van der Waals surface area contributed by atoms with E-state index in [0.717, 1.165) is 0 Å². The molecule has 0 aromatic rings. The Balaban J connectivity index is -0.0000000198. The Labute approximate surface area is 277 Å². The van der Waals surface area contributed by atoms with Gasteiger partial charge >= 0.3 is 89.4 Å². The van der Waals surface area contributed by atoms with E-state index in [0.29, 0.717) is 0 Å². The van der Waals surface area contributed by atoms with Crippen molar-refractivity contribution in [2.75, 3.05) is 0 Å². The summed E-state index contributed by atoms with van der Waals surface area (Å²) in [7, 11) is -35.2. The molecular weight excluding hydrogens is 765 g/mol. The third kappa shape index (κ3) is 5030. The van der Waals surface area contributed by atoms with Gasteiger partial charge in [-0.05, 0) is 0 Å². The minimum atomic E-state index is -5.39. The molecule has 0 aliphatic rings. The van der Waals surface area contributed by atoms with Crippen molar-refractivity contribution in [3.05, 3.63) is 0 Å². The summed E-state index contributed by atoms with van der Waals surface area (Å²) in [6.45, 7) is 0. The molecule has 39 heteroatoms. The third-order valence-electron chi connectivity index (χ3n) is 0. The van der Waals surface area contributed by atoms with Crippen molar-refractivity contribution in [1.29, 1.82) is 0 Å². The molecule has 0 aliphatic heterocycles. The maximum Gasteiger partial charge on any atom is 3.00 e. The van der Waals surface area contributed by atoms with E-state index in [1.807, 2.05) is 0 Å². The van der Waals surface area contributed by atoms with Gasteiger partial charge in [0.15, 0.2) is 0 Å². The van der Waals surface area contributed by atoms with Crippen LogP contribution in [0.15, 0.2) is 0 Å². The summed E-state index contributed by atoms with van der Waals surface area (Å²) in [4.78, 5) is 166. The van der Waals surface area contributed by atoms with Crippen LogP contribution in [-0.2, 0) is 32.0 Å². The van der Waals surface area contributed by atoms with Gasteiger partial charge < -0.3 is 112 Å². The minimum Gasteiger partial charge on any atom is -0.822 e. The molecule has 0 amide bonds. The van der Waals surface area contributed by atoms with Gasteiger partial charge in [0, 0.05) is 0 Å². The summed E-state index contributed by atoms with van der Waals surface area (Å²) >= 11 is 0. The SMILES string of the molecule is O=P([O-])(O)O.O=P([O-])(O)O.O=P([O-])(O)O.O=P([O-])(O)O.O=P([O-])(O)O.O=P([O-])([O-])[O-].O=P([O-])([O-])[O-].[Al+3].[H+].[H+].[Mg+2].[Mg+2].[Mg+2]. The van der Waals surface area contributed by atoms with Crippen LogP contribution < -0.4 is 53.8 Å². The molecule has 28 nitrogen and oxygen atoms in total. The predicted molar refractivity (Wildman–Crippen MR) is 101 cm³/mol. The number of phosphoric acid groups is 7. The Morgan fingerprint density at radius 1 is 0.308 bits per heavy atom. The van der Waals surface area contributed by atoms with Crippen molar-refractivity contribution in [2.45, 2.75) is 0 Å². The molecule has 0 saturated heterocycles. The van der Waals surface area contributed by atoms with E-state index in [9.17, 15) is 0 Å². The minimum absolute atomic E-state index is 0. The van der Waals surface area contributed by atoms with E-state index in [-0.39, 0.29) is 89.4 Å². The van der Waals surface area contributed by atoms with Gasteiger partial charge in [-0.25, -0.2) is 0 Å². The fourth-order valence-electron chi connectivity index (χ4n) is 0. The average molecular weight is 777 g/mol. The molecule has 39 heavy (non-hydrogen) atoms. The molecular formula is H12AlMg3O28P7. The molecule has 0 spiro atoms. The zero-order valence-corrected chi connectivity index (χ0v) is 29.3. The first kappa shape index (κ1) is 73.8. The molecule has 224 valence electrons. The van der Waals surface area contributed by atoms with Crippen LogP contribution in [0.5, 0.6) is 0 Å². The quantitative estimate of drug-likeness (QED) is 0.0806.